The summed E-state index contributed by atoms with van der Waals surface area (Å²) in [5, 5.41) is 1.91. The molecule has 1 heterocycles. The first-order valence-electron chi connectivity index (χ1n) is 4.34. The minimum atomic E-state index is -0.876. The molecule has 14 heavy (non-hydrogen) atoms. The number of carbonyl (C=O) groups excluding carboxylic acids is 3. The molecule has 0 aliphatic carbocycles. The van der Waals surface area contributed by atoms with Crippen molar-refractivity contribution < 1.29 is 19.1 Å². The number of imide groups is 2. The van der Waals surface area contributed by atoms with Gasteiger partial charge in [0.1, 0.15) is 0 Å². The molecule has 6 nitrogen and oxygen atoms in total. The fourth-order valence-corrected chi connectivity index (χ4v) is 1.19. The van der Waals surface area contributed by atoms with Crippen LogP contribution >= 0.6 is 0 Å². The highest BCUT2D eigenvalue weighted by Gasteiger charge is 2.37. The van der Waals surface area contributed by atoms with Crippen molar-refractivity contribution >= 4 is 17.8 Å². The van der Waals surface area contributed by atoms with Gasteiger partial charge in [-0.3, -0.25) is 19.8 Å². The number of hydrogen-bond acceptors (Lipinski definition) is 4. The Morgan fingerprint density at radius 1 is 1.43 bits per heavy atom. The van der Waals surface area contributed by atoms with E-state index in [1.165, 1.54) is 0 Å². The third-order valence-corrected chi connectivity index (χ3v) is 1.80. The van der Waals surface area contributed by atoms with E-state index in [4.69, 9.17) is 4.74 Å². The van der Waals surface area contributed by atoms with E-state index in [1.807, 2.05) is 12.2 Å². The third kappa shape index (κ3) is 2.08. The second-order valence-corrected chi connectivity index (χ2v) is 2.94. The molecule has 78 valence electrons. The molecule has 1 aliphatic heterocycles. The van der Waals surface area contributed by atoms with E-state index in [9.17, 15) is 14.4 Å². The summed E-state index contributed by atoms with van der Waals surface area (Å²) in [6.07, 6.45) is -0.263. The molecule has 0 aromatic heterocycles. The molecule has 0 spiro atoms. The van der Waals surface area contributed by atoms with Crippen LogP contribution in [0.2, 0.25) is 0 Å². The first-order valence-corrected chi connectivity index (χ1v) is 4.34. The van der Waals surface area contributed by atoms with Crippen molar-refractivity contribution in [2.75, 3.05) is 13.2 Å². The highest BCUT2D eigenvalue weighted by atomic mass is 16.5. The molecule has 1 rings (SSSR count). The van der Waals surface area contributed by atoms with Crippen LogP contribution in [0.1, 0.15) is 13.8 Å². The van der Waals surface area contributed by atoms with Crippen molar-refractivity contribution in [1.82, 2.24) is 10.2 Å². The lowest BCUT2D eigenvalue weighted by Crippen LogP contribution is -2.37. The van der Waals surface area contributed by atoms with E-state index in [2.05, 4.69) is 0 Å². The Hall–Kier alpha value is -1.43. The first-order chi connectivity index (χ1) is 6.56. The Labute approximate surface area is 81.2 Å². The lowest BCUT2D eigenvalue weighted by Gasteiger charge is -2.16. The molecule has 4 amide bonds. The highest BCUT2D eigenvalue weighted by molar-refractivity contribution is 6.44. The monoisotopic (exact) mass is 200 g/mol. The molecule has 0 saturated carbocycles. The number of urea groups is 1. The lowest BCUT2D eigenvalue weighted by atomic mass is 10.3. The second-order valence-electron chi connectivity index (χ2n) is 2.94. The average molecular weight is 200 g/mol. The van der Waals surface area contributed by atoms with Gasteiger partial charge in [0.25, 0.3) is 0 Å². The predicted octanol–water partition coefficient (Wildman–Crippen LogP) is -0.510. The largest absolute Gasteiger partial charge is 0.377 e. The molecule has 0 aromatic rings. The Kier molecular flexibility index (Phi) is 3.19. The smallest absolute Gasteiger partial charge is 0.331 e. The number of nitrogens with zero attached hydrogens (tertiary/aromatic N) is 1. The fraction of sp³-hybridized carbons (Fsp3) is 0.625. The highest BCUT2D eigenvalue weighted by Crippen LogP contribution is 2.03. The maximum atomic E-state index is 11.1. The fourth-order valence-electron chi connectivity index (χ4n) is 1.19. The van der Waals surface area contributed by atoms with E-state index in [1.54, 1.807) is 6.92 Å². The molecule has 1 aliphatic rings. The minimum absolute atomic E-state index is 0.101. The van der Waals surface area contributed by atoms with Crippen molar-refractivity contribution in [1.29, 1.82) is 0 Å². The number of rotatable bonds is 4. The Bertz CT molecular complexity index is 277. The minimum Gasteiger partial charge on any atom is -0.377 e. The maximum absolute atomic E-state index is 11.1. The van der Waals surface area contributed by atoms with Crippen molar-refractivity contribution in [3.8, 4) is 0 Å². The Balaban J connectivity index is 2.56. The van der Waals surface area contributed by atoms with Crippen LogP contribution in [0, 0.1) is 0 Å². The van der Waals surface area contributed by atoms with Crippen LogP contribution in [-0.2, 0) is 14.3 Å². The van der Waals surface area contributed by atoms with E-state index in [-0.39, 0.29) is 12.6 Å². The van der Waals surface area contributed by atoms with Gasteiger partial charge < -0.3 is 4.74 Å². The van der Waals surface area contributed by atoms with Gasteiger partial charge in [-0.2, -0.15) is 0 Å². The topological polar surface area (TPSA) is 75.7 Å². The Morgan fingerprint density at radius 3 is 2.50 bits per heavy atom. The number of amides is 4. The molecule has 1 saturated heterocycles. The van der Waals surface area contributed by atoms with Gasteiger partial charge in [0.2, 0.25) is 0 Å². The summed E-state index contributed by atoms with van der Waals surface area (Å²) in [6.45, 7) is 4.14. The van der Waals surface area contributed by atoms with Crippen LogP contribution in [0.15, 0.2) is 0 Å². The van der Waals surface area contributed by atoms with Crippen LogP contribution in [0.3, 0.4) is 0 Å². The molecule has 1 unspecified atom stereocenters. The molecule has 0 aromatic carbocycles. The molecule has 1 atom stereocenters. The van der Waals surface area contributed by atoms with Gasteiger partial charge in [-0.05, 0) is 13.8 Å². The third-order valence-electron chi connectivity index (χ3n) is 1.80. The van der Waals surface area contributed by atoms with E-state index >= 15 is 0 Å². The SMILES string of the molecule is CCOC(C)CN1C(=O)NC(=O)C1=O. The summed E-state index contributed by atoms with van der Waals surface area (Å²) in [4.78, 5) is 33.8. The van der Waals surface area contributed by atoms with Gasteiger partial charge in [-0.1, -0.05) is 0 Å². The molecular formula is C8H12N2O4. The van der Waals surface area contributed by atoms with Crippen LogP contribution in [0.5, 0.6) is 0 Å². The normalized spacial score (nSPS) is 18.7. The van der Waals surface area contributed by atoms with E-state index < -0.39 is 17.8 Å². The number of ether oxygens (including phenoxy) is 1. The van der Waals surface area contributed by atoms with Crippen LogP contribution in [-0.4, -0.2) is 42.0 Å². The molecular weight excluding hydrogens is 188 g/mol. The van der Waals surface area contributed by atoms with Crippen LogP contribution in [0.4, 0.5) is 4.79 Å². The molecule has 1 fully saturated rings. The van der Waals surface area contributed by atoms with Gasteiger partial charge in [-0.25, -0.2) is 4.79 Å². The van der Waals surface area contributed by atoms with E-state index in [0.29, 0.717) is 6.61 Å². The zero-order valence-corrected chi connectivity index (χ0v) is 8.07. The summed E-state index contributed by atoms with van der Waals surface area (Å²) in [6, 6.07) is -0.674. The predicted molar refractivity (Wildman–Crippen MR) is 46.3 cm³/mol. The Morgan fingerprint density at radius 2 is 2.07 bits per heavy atom. The van der Waals surface area contributed by atoms with Crippen LogP contribution < -0.4 is 5.32 Å². The first kappa shape index (κ1) is 10.6. The summed E-state index contributed by atoms with van der Waals surface area (Å²) < 4.78 is 5.15. The summed E-state index contributed by atoms with van der Waals surface area (Å²) in [5.41, 5.74) is 0. The van der Waals surface area contributed by atoms with Gasteiger partial charge in [0.05, 0.1) is 12.6 Å². The second kappa shape index (κ2) is 4.19. The molecule has 1 N–H and O–H groups in total. The standard InChI is InChI=1S/C8H12N2O4/c1-3-14-5(2)4-10-7(12)6(11)9-8(10)13/h5H,3-4H2,1-2H3,(H,9,11,13). The number of hydrogen-bond donors (Lipinski definition) is 1. The van der Waals surface area contributed by atoms with Crippen molar-refractivity contribution in [3.05, 3.63) is 0 Å². The zero-order valence-electron chi connectivity index (χ0n) is 8.07. The van der Waals surface area contributed by atoms with E-state index in [0.717, 1.165) is 4.90 Å². The van der Waals surface area contributed by atoms with Crippen molar-refractivity contribution in [3.63, 3.8) is 0 Å². The van der Waals surface area contributed by atoms with Gasteiger partial charge in [0.15, 0.2) is 0 Å². The summed E-state index contributed by atoms with van der Waals surface area (Å²) in [5.74, 6) is -1.69. The zero-order chi connectivity index (χ0) is 10.7. The average Bonchev–Trinajstić information content (AvgIpc) is 2.33. The van der Waals surface area contributed by atoms with Crippen molar-refractivity contribution in [2.24, 2.45) is 0 Å². The molecule has 0 radical (unpaired) electrons. The lowest BCUT2D eigenvalue weighted by molar-refractivity contribution is -0.140. The van der Waals surface area contributed by atoms with Gasteiger partial charge in [0, 0.05) is 6.61 Å². The van der Waals surface area contributed by atoms with Gasteiger partial charge in [-0.15, -0.1) is 0 Å². The molecule has 6 heteroatoms. The van der Waals surface area contributed by atoms with Crippen LogP contribution in [0.25, 0.3) is 0 Å². The van der Waals surface area contributed by atoms with Crippen molar-refractivity contribution in [2.45, 2.75) is 20.0 Å². The summed E-state index contributed by atoms with van der Waals surface area (Å²) in [7, 11) is 0. The number of nitrogens with one attached hydrogen (secondary N) is 1. The summed E-state index contributed by atoms with van der Waals surface area (Å²) >= 11 is 0. The van der Waals surface area contributed by atoms with Gasteiger partial charge >= 0.3 is 17.8 Å². The molecule has 0 bridgehead atoms. The number of carbonyl (C=O) groups is 3. The quantitative estimate of drug-likeness (QED) is 0.490. The maximum Gasteiger partial charge on any atom is 0.331 e.